The second kappa shape index (κ2) is 4.16. The lowest BCUT2D eigenvalue weighted by atomic mass is 10.5. The van der Waals surface area contributed by atoms with Gasteiger partial charge in [-0.25, -0.2) is 0 Å². The molecule has 0 atom stereocenters. The summed E-state index contributed by atoms with van der Waals surface area (Å²) in [6.07, 6.45) is 1.74. The molecule has 0 aromatic heterocycles. The number of hydrogen-bond acceptors (Lipinski definition) is 1. The summed E-state index contributed by atoms with van der Waals surface area (Å²) in [5, 5.41) is 0.739. The lowest BCUT2D eigenvalue weighted by Gasteiger charge is -1.85. The summed E-state index contributed by atoms with van der Waals surface area (Å²) < 4.78 is 4.44. The van der Waals surface area contributed by atoms with Crippen molar-refractivity contribution in [3.8, 4) is 0 Å². The first-order valence-electron chi connectivity index (χ1n) is 1.96. The predicted octanol–water partition coefficient (Wildman–Crippen LogP) is 1.94. The summed E-state index contributed by atoms with van der Waals surface area (Å²) in [4.78, 5) is 0. The molecule has 0 aliphatic carbocycles. The van der Waals surface area contributed by atoms with Crippen molar-refractivity contribution in [2.24, 2.45) is 0 Å². The van der Waals surface area contributed by atoms with Gasteiger partial charge in [-0.05, 0) is 13.0 Å². The summed E-state index contributed by atoms with van der Waals surface area (Å²) >= 11 is 5.41. The molecule has 1 nitrogen and oxygen atoms in total. The Morgan fingerprint density at radius 2 is 2.57 bits per heavy atom. The molecule has 0 unspecified atom stereocenters. The van der Waals surface area contributed by atoms with E-state index in [1.165, 1.54) is 0 Å². The highest BCUT2D eigenvalue weighted by molar-refractivity contribution is 6.29. The largest absolute Gasteiger partial charge is 0.375 e. The Bertz CT molecular complexity index is 64.5. The van der Waals surface area contributed by atoms with Crippen molar-refractivity contribution >= 4 is 11.6 Å². The second-order valence-electron chi connectivity index (χ2n) is 1.16. The number of hydrogen-bond donors (Lipinski definition) is 0. The molecule has 41 valence electrons. The van der Waals surface area contributed by atoms with Gasteiger partial charge in [0.15, 0.2) is 0 Å². The van der Waals surface area contributed by atoms with Gasteiger partial charge in [-0.15, -0.1) is 0 Å². The molecule has 0 amide bonds. The summed E-state index contributed by atoms with van der Waals surface area (Å²) in [6.45, 7) is 2.29. The van der Waals surface area contributed by atoms with Gasteiger partial charge in [0.25, 0.3) is 0 Å². The highest BCUT2D eigenvalue weighted by Crippen LogP contribution is 1.95. The van der Waals surface area contributed by atoms with Crippen LogP contribution in [0.1, 0.15) is 6.92 Å². The Kier molecular flexibility index (Phi) is 4.15. The molecule has 0 bridgehead atoms. The molecule has 0 rings (SSSR count). The van der Waals surface area contributed by atoms with E-state index in [9.17, 15) is 0 Å². The van der Waals surface area contributed by atoms with Gasteiger partial charge < -0.3 is 4.74 Å². The fourth-order valence-corrected chi connectivity index (χ4v) is 0.237. The maximum Gasteiger partial charge on any atom is 0.0704 e. The molecular weight excluding hydrogens is 112 g/mol. The minimum absolute atomic E-state index is 0.495. The van der Waals surface area contributed by atoms with Crippen LogP contribution in [-0.2, 0) is 4.74 Å². The van der Waals surface area contributed by atoms with E-state index in [1.54, 1.807) is 13.0 Å². The van der Waals surface area contributed by atoms with Crippen LogP contribution >= 0.6 is 11.6 Å². The fraction of sp³-hybridized carbons (Fsp3) is 0.400. The minimum Gasteiger partial charge on any atom is -0.375 e. The first-order valence-corrected chi connectivity index (χ1v) is 2.34. The van der Waals surface area contributed by atoms with Crippen LogP contribution in [0, 0.1) is 7.11 Å². The van der Waals surface area contributed by atoms with Crippen LogP contribution in [0.25, 0.3) is 0 Å². The standard InChI is InChI=1S/C5H8ClO/c1-5(6)3-4-7-2/h3H,2,4H2,1H3/b5-3-. The number of ether oxygens (including phenoxy) is 1. The van der Waals surface area contributed by atoms with Crippen LogP contribution in [0.4, 0.5) is 0 Å². The molecule has 0 saturated carbocycles. The smallest absolute Gasteiger partial charge is 0.0704 e. The van der Waals surface area contributed by atoms with Gasteiger partial charge in [0.05, 0.1) is 13.7 Å². The number of allylic oxidation sites excluding steroid dienone is 1. The van der Waals surface area contributed by atoms with Crippen LogP contribution in [0.2, 0.25) is 0 Å². The van der Waals surface area contributed by atoms with Crippen molar-refractivity contribution in [3.63, 3.8) is 0 Å². The van der Waals surface area contributed by atoms with Gasteiger partial charge in [-0.1, -0.05) is 11.6 Å². The van der Waals surface area contributed by atoms with Crippen LogP contribution in [0.3, 0.4) is 0 Å². The predicted molar refractivity (Wildman–Crippen MR) is 30.9 cm³/mol. The summed E-state index contributed by atoms with van der Waals surface area (Å²) in [5.41, 5.74) is 0. The zero-order valence-corrected chi connectivity index (χ0v) is 5.03. The Labute approximate surface area is 48.9 Å². The summed E-state index contributed by atoms with van der Waals surface area (Å²) in [5.74, 6) is 0. The maximum atomic E-state index is 5.41. The molecule has 2 heteroatoms. The normalized spacial score (nSPS) is 12.1. The van der Waals surface area contributed by atoms with Crippen molar-refractivity contribution in [1.82, 2.24) is 0 Å². The van der Waals surface area contributed by atoms with E-state index in [2.05, 4.69) is 11.8 Å². The lowest BCUT2D eigenvalue weighted by molar-refractivity contribution is 0.281. The third kappa shape index (κ3) is 5.99. The Balaban J connectivity index is 3.08. The lowest BCUT2D eigenvalue weighted by Crippen LogP contribution is -1.77. The molecule has 7 heavy (non-hydrogen) atoms. The van der Waals surface area contributed by atoms with Crippen molar-refractivity contribution in [1.29, 1.82) is 0 Å². The molecule has 0 fully saturated rings. The van der Waals surface area contributed by atoms with Crippen LogP contribution in [0.5, 0.6) is 0 Å². The molecule has 0 aliphatic rings. The average Bonchev–Trinajstić information content (AvgIpc) is 1.61. The topological polar surface area (TPSA) is 9.23 Å². The van der Waals surface area contributed by atoms with E-state index >= 15 is 0 Å². The fourth-order valence-electron chi connectivity index (χ4n) is 0.174. The van der Waals surface area contributed by atoms with Crippen molar-refractivity contribution in [2.75, 3.05) is 6.61 Å². The van der Waals surface area contributed by atoms with E-state index < -0.39 is 0 Å². The van der Waals surface area contributed by atoms with E-state index in [0.29, 0.717) is 6.61 Å². The number of rotatable bonds is 2. The third-order valence-electron chi connectivity index (χ3n) is 0.482. The summed E-state index contributed by atoms with van der Waals surface area (Å²) in [7, 11) is 3.15. The van der Waals surface area contributed by atoms with Crippen molar-refractivity contribution in [3.05, 3.63) is 18.2 Å². The van der Waals surface area contributed by atoms with E-state index in [4.69, 9.17) is 11.6 Å². The van der Waals surface area contributed by atoms with E-state index in [1.807, 2.05) is 0 Å². The van der Waals surface area contributed by atoms with Crippen molar-refractivity contribution < 1.29 is 4.74 Å². The highest BCUT2D eigenvalue weighted by atomic mass is 35.5. The monoisotopic (exact) mass is 119 g/mol. The molecule has 0 aliphatic heterocycles. The molecule has 1 radical (unpaired) electrons. The molecule has 0 spiro atoms. The molecule has 0 saturated heterocycles. The summed E-state index contributed by atoms with van der Waals surface area (Å²) in [6, 6.07) is 0. The van der Waals surface area contributed by atoms with Gasteiger partial charge in [-0.2, -0.15) is 0 Å². The Morgan fingerprint density at radius 1 is 2.00 bits per heavy atom. The third-order valence-corrected chi connectivity index (χ3v) is 0.637. The molecular formula is C5H8ClO. The maximum absolute atomic E-state index is 5.41. The first kappa shape index (κ1) is 6.99. The zero-order valence-electron chi connectivity index (χ0n) is 4.28. The average molecular weight is 120 g/mol. The van der Waals surface area contributed by atoms with Crippen LogP contribution in [-0.4, -0.2) is 6.61 Å². The SMILES string of the molecule is [CH2]OC/C=C(/C)Cl. The van der Waals surface area contributed by atoms with E-state index in [-0.39, 0.29) is 0 Å². The Hall–Kier alpha value is -0.0100. The minimum atomic E-state index is 0.495. The van der Waals surface area contributed by atoms with Crippen molar-refractivity contribution in [2.45, 2.75) is 6.92 Å². The molecule has 0 heterocycles. The van der Waals surface area contributed by atoms with Gasteiger partial charge in [0.2, 0.25) is 0 Å². The Morgan fingerprint density at radius 3 is 2.71 bits per heavy atom. The highest BCUT2D eigenvalue weighted by Gasteiger charge is 1.75. The molecule has 0 aromatic carbocycles. The van der Waals surface area contributed by atoms with Crippen LogP contribution in [0.15, 0.2) is 11.1 Å². The van der Waals surface area contributed by atoms with E-state index in [0.717, 1.165) is 5.03 Å². The quantitative estimate of drug-likeness (QED) is 0.540. The van der Waals surface area contributed by atoms with Crippen LogP contribution < -0.4 is 0 Å². The molecule has 0 aromatic rings. The number of halogens is 1. The van der Waals surface area contributed by atoms with Gasteiger partial charge in [-0.3, -0.25) is 0 Å². The van der Waals surface area contributed by atoms with Gasteiger partial charge in [0, 0.05) is 5.03 Å². The first-order chi connectivity index (χ1) is 3.27. The van der Waals surface area contributed by atoms with Gasteiger partial charge in [0.1, 0.15) is 0 Å². The van der Waals surface area contributed by atoms with Gasteiger partial charge >= 0.3 is 0 Å². The zero-order chi connectivity index (χ0) is 5.70. The second-order valence-corrected chi connectivity index (χ2v) is 1.76. The molecule has 0 N–H and O–H groups in total.